The van der Waals surface area contributed by atoms with Gasteiger partial charge in [-0.05, 0) is 30.9 Å². The number of hydrogen-bond donors (Lipinski definition) is 1. The molecule has 1 fully saturated rings. The Morgan fingerprint density at radius 3 is 3.15 bits per heavy atom. The number of hydrogen-bond acceptors (Lipinski definition) is 3. The summed E-state index contributed by atoms with van der Waals surface area (Å²) in [6.07, 6.45) is 4.55. The first-order valence-corrected chi connectivity index (χ1v) is 6.97. The number of amides is 1. The van der Waals surface area contributed by atoms with Crippen molar-refractivity contribution in [2.75, 3.05) is 6.61 Å². The predicted octanol–water partition coefficient (Wildman–Crippen LogP) is 1.68. The zero-order valence-corrected chi connectivity index (χ0v) is 11.8. The molecule has 0 bridgehead atoms. The molecule has 0 saturated carbocycles. The van der Waals surface area contributed by atoms with Crippen molar-refractivity contribution in [3.8, 4) is 0 Å². The van der Waals surface area contributed by atoms with Crippen LogP contribution in [-0.4, -0.2) is 28.0 Å². The Kier molecular flexibility index (Phi) is 3.44. The van der Waals surface area contributed by atoms with Gasteiger partial charge in [-0.1, -0.05) is 13.0 Å². The highest BCUT2D eigenvalue weighted by molar-refractivity contribution is 5.81. The van der Waals surface area contributed by atoms with Gasteiger partial charge in [-0.3, -0.25) is 4.79 Å². The maximum absolute atomic E-state index is 12.0. The van der Waals surface area contributed by atoms with Gasteiger partial charge in [-0.2, -0.15) is 0 Å². The maximum atomic E-state index is 12.0. The zero-order chi connectivity index (χ0) is 14.1. The monoisotopic (exact) mass is 273 g/mol. The summed E-state index contributed by atoms with van der Waals surface area (Å²) in [5, 5.41) is 2.91. The van der Waals surface area contributed by atoms with E-state index in [1.807, 2.05) is 42.8 Å². The lowest BCUT2D eigenvalue weighted by Gasteiger charge is -2.13. The van der Waals surface area contributed by atoms with Crippen LogP contribution >= 0.6 is 0 Å². The molecule has 106 valence electrons. The minimum Gasteiger partial charge on any atom is -0.368 e. The molecule has 5 heteroatoms. The van der Waals surface area contributed by atoms with Gasteiger partial charge < -0.3 is 14.5 Å². The van der Waals surface area contributed by atoms with Gasteiger partial charge in [0.15, 0.2) is 0 Å². The lowest BCUT2D eigenvalue weighted by Crippen LogP contribution is -2.36. The molecule has 2 aromatic heterocycles. The molecule has 3 heterocycles. The van der Waals surface area contributed by atoms with Crippen molar-refractivity contribution in [3.05, 3.63) is 35.8 Å². The van der Waals surface area contributed by atoms with Gasteiger partial charge in [-0.25, -0.2) is 4.98 Å². The molecule has 2 unspecified atom stereocenters. The Bertz CT molecular complexity index is 635. The summed E-state index contributed by atoms with van der Waals surface area (Å²) in [5.41, 5.74) is 2.92. The normalized spacial score (nSPS) is 22.3. The topological polar surface area (TPSA) is 55.6 Å². The van der Waals surface area contributed by atoms with Crippen LogP contribution in [0.4, 0.5) is 0 Å². The second-order valence-corrected chi connectivity index (χ2v) is 5.43. The van der Waals surface area contributed by atoms with E-state index in [4.69, 9.17) is 4.74 Å². The summed E-state index contributed by atoms with van der Waals surface area (Å²) >= 11 is 0. The summed E-state index contributed by atoms with van der Waals surface area (Å²) in [4.78, 5) is 16.6. The number of ether oxygens (including phenoxy) is 1. The van der Waals surface area contributed by atoms with Gasteiger partial charge in [-0.15, -0.1) is 0 Å². The lowest BCUT2D eigenvalue weighted by molar-refractivity contribution is -0.131. The van der Waals surface area contributed by atoms with Crippen molar-refractivity contribution in [2.45, 2.75) is 32.9 Å². The highest BCUT2D eigenvalue weighted by Crippen LogP contribution is 2.20. The summed E-state index contributed by atoms with van der Waals surface area (Å²) < 4.78 is 7.43. The summed E-state index contributed by atoms with van der Waals surface area (Å²) in [5.74, 6) is 0.252. The fraction of sp³-hybridized carbons (Fsp3) is 0.467. The molecule has 5 nitrogen and oxygen atoms in total. The molecule has 0 aromatic carbocycles. The molecule has 1 saturated heterocycles. The number of pyridine rings is 1. The van der Waals surface area contributed by atoms with Gasteiger partial charge in [0, 0.05) is 19.0 Å². The third-order valence-electron chi connectivity index (χ3n) is 3.82. The van der Waals surface area contributed by atoms with Crippen LogP contribution in [0.5, 0.6) is 0 Å². The van der Waals surface area contributed by atoms with Crippen molar-refractivity contribution in [3.63, 3.8) is 0 Å². The number of aromatic nitrogens is 2. The van der Waals surface area contributed by atoms with Crippen LogP contribution in [0.1, 0.15) is 24.6 Å². The molecular formula is C15H19N3O2. The molecule has 2 aromatic rings. The largest absolute Gasteiger partial charge is 0.368 e. The Morgan fingerprint density at radius 2 is 2.45 bits per heavy atom. The summed E-state index contributed by atoms with van der Waals surface area (Å²) in [6.45, 7) is 5.18. The highest BCUT2D eigenvalue weighted by atomic mass is 16.5. The molecule has 1 N–H and O–H groups in total. The van der Waals surface area contributed by atoms with Crippen LogP contribution < -0.4 is 5.32 Å². The van der Waals surface area contributed by atoms with E-state index in [1.165, 1.54) is 0 Å². The number of nitrogens with one attached hydrogen (secondary N) is 1. The fourth-order valence-electron chi connectivity index (χ4n) is 2.60. The van der Waals surface area contributed by atoms with E-state index in [9.17, 15) is 4.79 Å². The van der Waals surface area contributed by atoms with Gasteiger partial charge >= 0.3 is 0 Å². The van der Waals surface area contributed by atoms with Crippen LogP contribution in [0.15, 0.2) is 24.5 Å². The third kappa shape index (κ3) is 2.41. The zero-order valence-electron chi connectivity index (χ0n) is 11.8. The number of aryl methyl sites for hydroxylation is 1. The number of carbonyl (C=O) groups is 1. The van der Waals surface area contributed by atoms with Crippen molar-refractivity contribution in [2.24, 2.45) is 5.92 Å². The molecule has 20 heavy (non-hydrogen) atoms. The molecule has 2 atom stereocenters. The highest BCUT2D eigenvalue weighted by Gasteiger charge is 2.30. The van der Waals surface area contributed by atoms with E-state index < -0.39 is 0 Å². The van der Waals surface area contributed by atoms with Crippen molar-refractivity contribution in [1.82, 2.24) is 14.7 Å². The van der Waals surface area contributed by atoms with Crippen LogP contribution in [-0.2, 0) is 16.1 Å². The predicted molar refractivity (Wildman–Crippen MR) is 75.3 cm³/mol. The quantitative estimate of drug-likeness (QED) is 0.925. The van der Waals surface area contributed by atoms with Gasteiger partial charge in [0.1, 0.15) is 11.8 Å². The second kappa shape index (κ2) is 5.25. The first-order valence-electron chi connectivity index (χ1n) is 6.97. The fourth-order valence-corrected chi connectivity index (χ4v) is 2.60. The molecule has 0 aliphatic carbocycles. The van der Waals surface area contributed by atoms with Crippen LogP contribution in [0.2, 0.25) is 0 Å². The van der Waals surface area contributed by atoms with Crippen molar-refractivity contribution < 1.29 is 9.53 Å². The molecule has 3 rings (SSSR count). The van der Waals surface area contributed by atoms with E-state index in [2.05, 4.69) is 10.3 Å². The average molecular weight is 273 g/mol. The second-order valence-electron chi connectivity index (χ2n) is 5.43. The van der Waals surface area contributed by atoms with E-state index >= 15 is 0 Å². The maximum Gasteiger partial charge on any atom is 0.249 e. The Balaban J connectivity index is 1.68. The van der Waals surface area contributed by atoms with Gasteiger partial charge in [0.2, 0.25) is 5.91 Å². The average Bonchev–Trinajstić information content (AvgIpc) is 3.03. The summed E-state index contributed by atoms with van der Waals surface area (Å²) in [6, 6.07) is 4.01. The number of carbonyl (C=O) groups excluding carboxylic acids is 1. The Morgan fingerprint density at radius 1 is 1.60 bits per heavy atom. The van der Waals surface area contributed by atoms with Gasteiger partial charge in [0.05, 0.1) is 12.2 Å². The standard InChI is InChI=1S/C15H19N3O2/c1-10-5-7-20-13(10)15(19)16-8-12-9-18-6-3-4-11(2)14(18)17-12/h3-4,6,9-10,13H,5,7-8H2,1-2H3,(H,16,19). The van der Waals surface area contributed by atoms with E-state index in [1.54, 1.807) is 0 Å². The molecule has 0 spiro atoms. The minimum atomic E-state index is -0.311. The number of rotatable bonds is 3. The molecule has 1 amide bonds. The Labute approximate surface area is 118 Å². The first-order chi connectivity index (χ1) is 9.65. The number of imidazole rings is 1. The smallest absolute Gasteiger partial charge is 0.249 e. The lowest BCUT2D eigenvalue weighted by atomic mass is 10.0. The van der Waals surface area contributed by atoms with Gasteiger partial charge in [0.25, 0.3) is 0 Å². The van der Waals surface area contributed by atoms with Crippen LogP contribution in [0, 0.1) is 12.8 Å². The van der Waals surface area contributed by atoms with Crippen molar-refractivity contribution >= 4 is 11.6 Å². The first kappa shape index (κ1) is 13.1. The third-order valence-corrected chi connectivity index (χ3v) is 3.82. The minimum absolute atomic E-state index is 0.0382. The molecule has 1 aliphatic rings. The van der Waals surface area contributed by atoms with E-state index in [0.717, 1.165) is 23.3 Å². The van der Waals surface area contributed by atoms with Crippen LogP contribution in [0.25, 0.3) is 5.65 Å². The number of nitrogens with zero attached hydrogens (tertiary/aromatic N) is 2. The van der Waals surface area contributed by atoms with E-state index in [-0.39, 0.29) is 12.0 Å². The molecule has 0 radical (unpaired) electrons. The molecular weight excluding hydrogens is 254 g/mol. The summed E-state index contributed by atoms with van der Waals surface area (Å²) in [7, 11) is 0. The molecule has 1 aliphatic heterocycles. The van der Waals surface area contributed by atoms with Crippen molar-refractivity contribution in [1.29, 1.82) is 0 Å². The number of fused-ring (bicyclic) bond motifs is 1. The van der Waals surface area contributed by atoms with Crippen LogP contribution in [0.3, 0.4) is 0 Å². The SMILES string of the molecule is Cc1cccn2cc(CNC(=O)C3OCCC3C)nc12. The Hall–Kier alpha value is -1.88. The van der Waals surface area contributed by atoms with E-state index in [0.29, 0.717) is 19.1 Å².